The van der Waals surface area contributed by atoms with Crippen LogP contribution in [0.3, 0.4) is 0 Å². The van der Waals surface area contributed by atoms with Crippen molar-refractivity contribution in [1.82, 2.24) is 10.3 Å². The molecule has 0 unspecified atom stereocenters. The molecule has 2 aromatic rings. The Morgan fingerprint density at radius 2 is 2.08 bits per heavy atom. The number of rotatable bonds is 4. The minimum atomic E-state index is 0.122. The van der Waals surface area contributed by atoms with Gasteiger partial charge in [-0.2, -0.15) is 0 Å². The Labute approximate surface area is 152 Å². The normalized spacial score (nSPS) is 36.4. The second-order valence-electron chi connectivity index (χ2n) is 8.49. The van der Waals surface area contributed by atoms with Crippen LogP contribution in [-0.2, 0) is 4.79 Å². The molecule has 25 heavy (non-hydrogen) atoms. The van der Waals surface area contributed by atoms with Crippen molar-refractivity contribution >= 4 is 27.5 Å². The van der Waals surface area contributed by atoms with Crippen molar-refractivity contribution in [2.24, 2.45) is 17.3 Å². The first kappa shape index (κ1) is 15.6. The molecular formula is C20H24N2O2S. The molecule has 5 rings (SSSR count). The molecule has 1 amide bonds. The summed E-state index contributed by atoms with van der Waals surface area (Å²) in [6.45, 7) is 2.33. The molecule has 1 N–H and O–H groups in total. The number of hydrogen-bond donors (Lipinski definition) is 1. The van der Waals surface area contributed by atoms with E-state index < -0.39 is 0 Å². The van der Waals surface area contributed by atoms with Crippen LogP contribution in [0.2, 0.25) is 0 Å². The molecular weight excluding hydrogens is 332 g/mol. The lowest BCUT2D eigenvalue weighted by Crippen LogP contribution is -2.57. The van der Waals surface area contributed by atoms with Crippen LogP contribution in [0.4, 0.5) is 0 Å². The summed E-state index contributed by atoms with van der Waals surface area (Å²) in [5.74, 6) is 2.10. The number of ether oxygens (including phenoxy) is 1. The predicted octanol–water partition coefficient (Wildman–Crippen LogP) is 4.15. The smallest absolute Gasteiger partial charge is 0.223 e. The van der Waals surface area contributed by atoms with Crippen LogP contribution in [0.25, 0.3) is 10.2 Å². The van der Waals surface area contributed by atoms with Gasteiger partial charge in [-0.3, -0.25) is 4.79 Å². The van der Waals surface area contributed by atoms with Crippen LogP contribution < -0.4 is 10.1 Å². The molecule has 3 aliphatic rings. The van der Waals surface area contributed by atoms with Crippen LogP contribution >= 0.6 is 11.3 Å². The van der Waals surface area contributed by atoms with Crippen molar-refractivity contribution < 1.29 is 9.53 Å². The van der Waals surface area contributed by atoms with E-state index in [0.717, 1.165) is 34.7 Å². The highest BCUT2D eigenvalue weighted by Crippen LogP contribution is 2.58. The number of nitrogens with zero attached hydrogens (tertiary/aromatic N) is 1. The third-order valence-electron chi connectivity index (χ3n) is 6.35. The standard InChI is InChI=1S/C20H24N2O2S/c1-12-7-20(8-12)9-14(10-20)22-19(23)13-5-15(6-13)24-16-3-2-4-17-18(16)21-11-25-17/h2-4,11-15H,5-10H2,1H3,(H,22,23). The van der Waals surface area contributed by atoms with E-state index in [0.29, 0.717) is 11.5 Å². The second-order valence-corrected chi connectivity index (χ2v) is 9.38. The van der Waals surface area contributed by atoms with Crippen LogP contribution in [-0.4, -0.2) is 23.0 Å². The zero-order chi connectivity index (χ0) is 17.0. The van der Waals surface area contributed by atoms with Gasteiger partial charge < -0.3 is 10.1 Å². The number of thiazole rings is 1. The molecule has 4 nitrogen and oxygen atoms in total. The highest BCUT2D eigenvalue weighted by molar-refractivity contribution is 7.16. The van der Waals surface area contributed by atoms with E-state index in [4.69, 9.17) is 4.74 Å². The van der Waals surface area contributed by atoms with Gasteiger partial charge in [0.15, 0.2) is 0 Å². The summed E-state index contributed by atoms with van der Waals surface area (Å²) in [5, 5.41) is 3.26. The Bertz CT molecular complexity index is 797. The van der Waals surface area contributed by atoms with Gasteiger partial charge in [-0.15, -0.1) is 11.3 Å². The molecule has 0 aliphatic heterocycles. The third kappa shape index (κ3) is 2.73. The maximum Gasteiger partial charge on any atom is 0.223 e. The molecule has 3 fully saturated rings. The number of carbonyl (C=O) groups is 1. The van der Waals surface area contributed by atoms with Crippen molar-refractivity contribution in [2.75, 3.05) is 0 Å². The Hall–Kier alpha value is -1.62. The van der Waals surface area contributed by atoms with Crippen LogP contribution in [0, 0.1) is 17.3 Å². The van der Waals surface area contributed by atoms with Crippen LogP contribution in [0.5, 0.6) is 5.75 Å². The van der Waals surface area contributed by atoms with E-state index in [1.54, 1.807) is 11.3 Å². The molecule has 0 radical (unpaired) electrons. The van der Waals surface area contributed by atoms with E-state index in [1.165, 1.54) is 25.7 Å². The van der Waals surface area contributed by atoms with Crippen LogP contribution in [0.1, 0.15) is 45.4 Å². The zero-order valence-electron chi connectivity index (χ0n) is 14.5. The topological polar surface area (TPSA) is 51.2 Å². The number of aromatic nitrogens is 1. The first-order valence-corrected chi connectivity index (χ1v) is 10.3. The summed E-state index contributed by atoms with van der Waals surface area (Å²) in [4.78, 5) is 16.8. The minimum Gasteiger partial charge on any atom is -0.488 e. The number of nitrogens with one attached hydrogen (secondary N) is 1. The van der Waals surface area contributed by atoms with Gasteiger partial charge in [0.25, 0.3) is 0 Å². The van der Waals surface area contributed by atoms with Crippen LogP contribution in [0.15, 0.2) is 23.7 Å². The van der Waals surface area contributed by atoms with Gasteiger partial charge in [-0.1, -0.05) is 13.0 Å². The monoisotopic (exact) mass is 356 g/mol. The quantitative estimate of drug-likeness (QED) is 0.895. The van der Waals surface area contributed by atoms with Gasteiger partial charge in [-0.25, -0.2) is 4.98 Å². The molecule has 3 saturated carbocycles. The molecule has 0 saturated heterocycles. The van der Waals surface area contributed by atoms with E-state index in [2.05, 4.69) is 23.3 Å². The summed E-state index contributed by atoms with van der Waals surface area (Å²) in [6, 6.07) is 6.46. The van der Waals surface area contributed by atoms with Gasteiger partial charge in [-0.05, 0) is 62.0 Å². The largest absolute Gasteiger partial charge is 0.488 e. The SMILES string of the molecule is CC1CC2(C1)CC(NC(=O)C1CC(Oc3cccc4scnc34)C1)C2. The lowest BCUT2D eigenvalue weighted by Gasteiger charge is -2.57. The summed E-state index contributed by atoms with van der Waals surface area (Å²) in [6.07, 6.45) is 6.90. The Balaban J connectivity index is 1.10. The van der Waals surface area contributed by atoms with Crippen molar-refractivity contribution in [3.8, 4) is 5.75 Å². The van der Waals surface area contributed by atoms with E-state index in [1.807, 2.05) is 17.6 Å². The molecule has 1 spiro atoms. The molecule has 1 heterocycles. The number of fused-ring (bicyclic) bond motifs is 1. The van der Waals surface area contributed by atoms with E-state index >= 15 is 0 Å². The number of benzene rings is 1. The fraction of sp³-hybridized carbons (Fsp3) is 0.600. The molecule has 5 heteroatoms. The second kappa shape index (κ2) is 5.70. The highest BCUT2D eigenvalue weighted by Gasteiger charge is 2.52. The summed E-state index contributed by atoms with van der Waals surface area (Å²) < 4.78 is 7.23. The first-order valence-electron chi connectivity index (χ1n) is 9.39. The molecule has 1 aromatic heterocycles. The average molecular weight is 356 g/mol. The molecule has 132 valence electrons. The third-order valence-corrected chi connectivity index (χ3v) is 7.15. The lowest BCUT2D eigenvalue weighted by molar-refractivity contribution is -0.134. The molecule has 3 aliphatic carbocycles. The number of hydrogen-bond acceptors (Lipinski definition) is 4. The first-order chi connectivity index (χ1) is 12.1. The fourth-order valence-corrected chi connectivity index (χ4v) is 5.86. The number of para-hydroxylation sites is 1. The highest BCUT2D eigenvalue weighted by atomic mass is 32.1. The van der Waals surface area contributed by atoms with Gasteiger partial charge in [0, 0.05) is 12.0 Å². The zero-order valence-corrected chi connectivity index (χ0v) is 15.3. The predicted molar refractivity (Wildman–Crippen MR) is 98.8 cm³/mol. The minimum absolute atomic E-state index is 0.122. The molecule has 0 atom stereocenters. The van der Waals surface area contributed by atoms with Crippen molar-refractivity contribution in [3.05, 3.63) is 23.7 Å². The number of carbonyl (C=O) groups excluding carboxylic acids is 1. The van der Waals surface area contributed by atoms with Gasteiger partial charge in [0.2, 0.25) is 5.91 Å². The van der Waals surface area contributed by atoms with E-state index in [9.17, 15) is 4.79 Å². The van der Waals surface area contributed by atoms with Crippen molar-refractivity contribution in [1.29, 1.82) is 0 Å². The average Bonchev–Trinajstić information content (AvgIpc) is 2.95. The summed E-state index contributed by atoms with van der Waals surface area (Å²) in [5.41, 5.74) is 3.38. The van der Waals surface area contributed by atoms with E-state index in [-0.39, 0.29) is 17.9 Å². The maximum atomic E-state index is 12.4. The summed E-state index contributed by atoms with van der Waals surface area (Å²) in [7, 11) is 0. The Morgan fingerprint density at radius 3 is 2.84 bits per heavy atom. The van der Waals surface area contributed by atoms with Crippen molar-refractivity contribution in [3.63, 3.8) is 0 Å². The lowest BCUT2D eigenvalue weighted by atomic mass is 9.50. The molecule has 0 bridgehead atoms. The van der Waals surface area contributed by atoms with Gasteiger partial charge in [0.1, 0.15) is 17.4 Å². The fourth-order valence-electron chi connectivity index (χ4n) is 5.17. The van der Waals surface area contributed by atoms with Gasteiger partial charge >= 0.3 is 0 Å². The number of amides is 1. The van der Waals surface area contributed by atoms with Crippen molar-refractivity contribution in [2.45, 2.75) is 57.6 Å². The Morgan fingerprint density at radius 1 is 1.28 bits per heavy atom. The summed E-state index contributed by atoms with van der Waals surface area (Å²) >= 11 is 1.63. The Kier molecular flexibility index (Phi) is 3.56. The van der Waals surface area contributed by atoms with Gasteiger partial charge in [0.05, 0.1) is 10.2 Å². The maximum absolute atomic E-state index is 12.4. The molecule has 1 aromatic carbocycles.